The quantitative estimate of drug-likeness (QED) is 0.799. The van der Waals surface area contributed by atoms with Crippen LogP contribution >= 0.6 is 23.3 Å². The van der Waals surface area contributed by atoms with Crippen LogP contribution in [0.25, 0.3) is 0 Å². The SMILES string of the molecule is CCc1nsc(Sc2c(F)cccc2C=O)n1. The summed E-state index contributed by atoms with van der Waals surface area (Å²) >= 11 is 2.36. The lowest BCUT2D eigenvalue weighted by Gasteiger charge is -2.02. The van der Waals surface area contributed by atoms with Crippen LogP contribution in [0.5, 0.6) is 0 Å². The summed E-state index contributed by atoms with van der Waals surface area (Å²) in [4.78, 5) is 15.4. The number of aromatic nitrogens is 2. The van der Waals surface area contributed by atoms with Crippen LogP contribution < -0.4 is 0 Å². The third-order valence-electron chi connectivity index (χ3n) is 2.08. The highest BCUT2D eigenvalue weighted by atomic mass is 32.2. The predicted octanol–water partition coefficient (Wildman–Crippen LogP) is 3.20. The molecule has 6 heteroatoms. The predicted molar refractivity (Wildman–Crippen MR) is 65.2 cm³/mol. The van der Waals surface area contributed by atoms with Crippen molar-refractivity contribution in [3.05, 3.63) is 35.4 Å². The molecule has 88 valence electrons. The molecule has 17 heavy (non-hydrogen) atoms. The molecule has 0 unspecified atom stereocenters. The Balaban J connectivity index is 2.31. The summed E-state index contributed by atoms with van der Waals surface area (Å²) in [5.74, 6) is 0.328. The normalized spacial score (nSPS) is 10.5. The fraction of sp³-hybridized carbons (Fsp3) is 0.182. The van der Waals surface area contributed by atoms with Gasteiger partial charge < -0.3 is 0 Å². The van der Waals surface area contributed by atoms with Gasteiger partial charge in [0.1, 0.15) is 11.6 Å². The van der Waals surface area contributed by atoms with Gasteiger partial charge in [0.2, 0.25) is 0 Å². The molecule has 0 saturated carbocycles. The van der Waals surface area contributed by atoms with Crippen molar-refractivity contribution in [3.8, 4) is 0 Å². The summed E-state index contributed by atoms with van der Waals surface area (Å²) in [6, 6.07) is 4.43. The zero-order valence-electron chi connectivity index (χ0n) is 9.01. The number of aldehydes is 1. The molecule has 1 aromatic heterocycles. The molecular formula is C11H9FN2OS2. The number of halogens is 1. The second kappa shape index (κ2) is 5.37. The number of carbonyl (C=O) groups is 1. The van der Waals surface area contributed by atoms with E-state index in [1.54, 1.807) is 6.07 Å². The molecule has 0 bridgehead atoms. The van der Waals surface area contributed by atoms with E-state index >= 15 is 0 Å². The van der Waals surface area contributed by atoms with Crippen LogP contribution in [0.15, 0.2) is 27.4 Å². The van der Waals surface area contributed by atoms with Crippen LogP contribution in [-0.2, 0) is 6.42 Å². The molecule has 3 nitrogen and oxygen atoms in total. The average Bonchev–Trinajstić information content (AvgIpc) is 2.79. The second-order valence-corrected chi connectivity index (χ2v) is 5.22. The third-order valence-corrected chi connectivity index (χ3v) is 4.00. The minimum absolute atomic E-state index is 0.307. The standard InChI is InChI=1S/C11H9FN2OS2/c1-2-9-13-11(17-14-9)16-10-7(6-15)4-3-5-8(10)12/h3-6H,2H2,1H3. The lowest BCUT2D eigenvalue weighted by molar-refractivity contribution is 0.112. The monoisotopic (exact) mass is 268 g/mol. The van der Waals surface area contributed by atoms with E-state index in [-0.39, 0.29) is 0 Å². The highest BCUT2D eigenvalue weighted by Gasteiger charge is 2.12. The molecule has 0 N–H and O–H groups in total. The Morgan fingerprint density at radius 1 is 1.53 bits per heavy atom. The number of rotatable bonds is 4. The van der Waals surface area contributed by atoms with Gasteiger partial charge >= 0.3 is 0 Å². The molecule has 2 rings (SSSR count). The Kier molecular flexibility index (Phi) is 3.86. The number of aryl methyl sites for hydroxylation is 1. The van der Waals surface area contributed by atoms with E-state index in [0.29, 0.717) is 21.1 Å². The first kappa shape index (κ1) is 12.2. The Labute approximate surface area is 106 Å². The Morgan fingerprint density at radius 3 is 3.00 bits per heavy atom. The fourth-order valence-corrected chi connectivity index (χ4v) is 2.97. The maximum Gasteiger partial charge on any atom is 0.175 e. The fourth-order valence-electron chi connectivity index (χ4n) is 1.24. The molecule has 1 heterocycles. The van der Waals surface area contributed by atoms with Gasteiger partial charge in [-0.3, -0.25) is 4.79 Å². The minimum Gasteiger partial charge on any atom is -0.298 e. The van der Waals surface area contributed by atoms with Gasteiger partial charge in [0, 0.05) is 12.0 Å². The average molecular weight is 268 g/mol. The zero-order valence-corrected chi connectivity index (χ0v) is 10.6. The molecule has 2 aromatic rings. The second-order valence-electron chi connectivity index (χ2n) is 3.21. The van der Waals surface area contributed by atoms with E-state index in [1.807, 2.05) is 6.92 Å². The van der Waals surface area contributed by atoms with E-state index in [0.717, 1.165) is 24.0 Å². The summed E-state index contributed by atoms with van der Waals surface area (Å²) in [6.07, 6.45) is 1.39. The Morgan fingerprint density at radius 2 is 2.35 bits per heavy atom. The van der Waals surface area contributed by atoms with Crippen molar-refractivity contribution in [1.82, 2.24) is 9.36 Å². The van der Waals surface area contributed by atoms with Crippen molar-refractivity contribution < 1.29 is 9.18 Å². The minimum atomic E-state index is -0.409. The van der Waals surface area contributed by atoms with Gasteiger partial charge in [-0.2, -0.15) is 4.37 Å². The Bertz CT molecular complexity index is 542. The number of hydrogen-bond acceptors (Lipinski definition) is 5. The molecular weight excluding hydrogens is 259 g/mol. The highest BCUT2D eigenvalue weighted by molar-refractivity contribution is 8.01. The molecule has 0 saturated heterocycles. The van der Waals surface area contributed by atoms with Crippen LogP contribution in [-0.4, -0.2) is 15.6 Å². The van der Waals surface area contributed by atoms with Gasteiger partial charge in [0.25, 0.3) is 0 Å². The third kappa shape index (κ3) is 2.70. The van der Waals surface area contributed by atoms with Gasteiger partial charge in [-0.05, 0) is 17.6 Å². The first-order valence-electron chi connectivity index (χ1n) is 4.98. The summed E-state index contributed by atoms with van der Waals surface area (Å²) in [7, 11) is 0. The van der Waals surface area contributed by atoms with Crippen molar-refractivity contribution in [2.24, 2.45) is 0 Å². The first-order chi connectivity index (χ1) is 8.24. The Hall–Kier alpha value is -1.27. The van der Waals surface area contributed by atoms with Gasteiger partial charge in [-0.1, -0.05) is 30.8 Å². The maximum absolute atomic E-state index is 13.6. The molecule has 1 aromatic carbocycles. The van der Waals surface area contributed by atoms with E-state index in [1.165, 1.54) is 23.7 Å². The molecule has 0 aliphatic heterocycles. The molecule has 0 aliphatic rings. The molecule has 0 fully saturated rings. The van der Waals surface area contributed by atoms with Crippen LogP contribution in [0.1, 0.15) is 23.1 Å². The highest BCUT2D eigenvalue weighted by Crippen LogP contribution is 2.33. The van der Waals surface area contributed by atoms with E-state index in [4.69, 9.17) is 0 Å². The van der Waals surface area contributed by atoms with E-state index in [9.17, 15) is 9.18 Å². The summed E-state index contributed by atoms with van der Waals surface area (Å²) in [6.45, 7) is 1.95. The maximum atomic E-state index is 13.6. The largest absolute Gasteiger partial charge is 0.298 e. The molecule has 0 spiro atoms. The summed E-state index contributed by atoms with van der Waals surface area (Å²) in [5.41, 5.74) is 0.336. The first-order valence-corrected chi connectivity index (χ1v) is 6.57. The topological polar surface area (TPSA) is 42.9 Å². The van der Waals surface area contributed by atoms with E-state index in [2.05, 4.69) is 9.36 Å². The van der Waals surface area contributed by atoms with Gasteiger partial charge in [0.15, 0.2) is 10.6 Å². The summed E-state index contributed by atoms with van der Waals surface area (Å²) in [5, 5.41) is 0. The van der Waals surface area contributed by atoms with Crippen LogP contribution in [0.3, 0.4) is 0 Å². The smallest absolute Gasteiger partial charge is 0.175 e. The number of nitrogens with zero attached hydrogens (tertiary/aromatic N) is 2. The van der Waals surface area contributed by atoms with Crippen LogP contribution in [0.4, 0.5) is 4.39 Å². The molecule has 0 radical (unpaired) electrons. The molecule has 0 aliphatic carbocycles. The van der Waals surface area contributed by atoms with Crippen molar-refractivity contribution >= 4 is 29.6 Å². The number of hydrogen-bond donors (Lipinski definition) is 0. The van der Waals surface area contributed by atoms with Gasteiger partial charge in [-0.25, -0.2) is 9.37 Å². The van der Waals surface area contributed by atoms with Crippen molar-refractivity contribution in [2.45, 2.75) is 22.6 Å². The molecule has 0 amide bonds. The summed E-state index contributed by atoms with van der Waals surface area (Å²) < 4.78 is 18.4. The number of carbonyl (C=O) groups excluding carboxylic acids is 1. The van der Waals surface area contributed by atoms with Gasteiger partial charge in [0.05, 0.1) is 4.90 Å². The number of benzene rings is 1. The lowest BCUT2D eigenvalue weighted by atomic mass is 10.2. The molecule has 0 atom stereocenters. The van der Waals surface area contributed by atoms with E-state index < -0.39 is 5.82 Å². The van der Waals surface area contributed by atoms with Crippen molar-refractivity contribution in [2.75, 3.05) is 0 Å². The lowest BCUT2D eigenvalue weighted by Crippen LogP contribution is -1.89. The van der Waals surface area contributed by atoms with Gasteiger partial charge in [-0.15, -0.1) is 0 Å². The van der Waals surface area contributed by atoms with Crippen molar-refractivity contribution in [3.63, 3.8) is 0 Å². The van der Waals surface area contributed by atoms with Crippen molar-refractivity contribution in [1.29, 1.82) is 0 Å². The zero-order chi connectivity index (χ0) is 12.3. The van der Waals surface area contributed by atoms with Crippen LogP contribution in [0.2, 0.25) is 0 Å². The van der Waals surface area contributed by atoms with Crippen LogP contribution in [0, 0.1) is 5.82 Å².